The Morgan fingerprint density at radius 3 is 1.86 bits per heavy atom. The second-order valence-electron chi connectivity index (χ2n) is 7.71. The van der Waals surface area contributed by atoms with Gasteiger partial charge in [-0.05, 0) is 25.7 Å². The lowest BCUT2D eigenvalue weighted by Gasteiger charge is -2.25. The van der Waals surface area contributed by atoms with Gasteiger partial charge in [-0.3, -0.25) is 0 Å². The molecule has 0 aromatic carbocycles. The zero-order chi connectivity index (χ0) is 20.6. The summed E-state index contributed by atoms with van der Waals surface area (Å²) in [6.45, 7) is 1.20. The van der Waals surface area contributed by atoms with Gasteiger partial charge in [0.05, 0.1) is 18.8 Å². The van der Waals surface area contributed by atoms with Gasteiger partial charge in [-0.2, -0.15) is 0 Å². The molecular weight excluding hydrogens is 362 g/mol. The maximum absolute atomic E-state index is 10.0. The molecule has 0 spiro atoms. The minimum Gasteiger partial charge on any atom is -0.478 e. The molecule has 0 saturated heterocycles. The van der Waals surface area contributed by atoms with Crippen LogP contribution in [0.25, 0.3) is 0 Å². The van der Waals surface area contributed by atoms with Crippen LogP contribution in [0.1, 0.15) is 77.0 Å². The Balaban J connectivity index is 0.000000416. The number of carboxylic acid groups (broad SMARTS) is 2. The molecule has 1 unspecified atom stereocenters. The summed E-state index contributed by atoms with van der Waals surface area (Å²) >= 11 is 0. The van der Waals surface area contributed by atoms with Crippen molar-refractivity contribution in [3.05, 3.63) is 12.2 Å². The molecule has 0 heterocycles. The number of carboxylic acids is 2. The van der Waals surface area contributed by atoms with Crippen molar-refractivity contribution in [1.82, 2.24) is 5.32 Å². The number of aliphatic hydroxyl groups excluding tert-OH is 1. The summed E-state index contributed by atoms with van der Waals surface area (Å²) in [7, 11) is 0. The molecule has 0 radical (unpaired) electrons. The third-order valence-corrected chi connectivity index (χ3v) is 5.19. The highest BCUT2D eigenvalue weighted by atomic mass is 16.5. The van der Waals surface area contributed by atoms with Gasteiger partial charge in [0.2, 0.25) is 0 Å². The topological polar surface area (TPSA) is 116 Å². The van der Waals surface area contributed by atoms with Gasteiger partial charge in [0.15, 0.2) is 0 Å². The molecule has 2 aliphatic rings. The number of aliphatic hydroxyl groups is 1. The van der Waals surface area contributed by atoms with E-state index in [2.05, 4.69) is 5.32 Å². The number of carbonyl (C=O) groups is 2. The van der Waals surface area contributed by atoms with E-state index in [0.717, 1.165) is 0 Å². The predicted octanol–water partition coefficient (Wildman–Crippen LogP) is 3.11. The summed E-state index contributed by atoms with van der Waals surface area (Å²) in [5.74, 6) is -2.51. The number of rotatable bonds is 8. The third-order valence-electron chi connectivity index (χ3n) is 5.19. The fourth-order valence-electron chi connectivity index (χ4n) is 3.64. The van der Waals surface area contributed by atoms with E-state index in [-0.39, 0.29) is 6.10 Å². The molecule has 0 aromatic heterocycles. The summed E-state index contributed by atoms with van der Waals surface area (Å²) < 4.78 is 5.93. The summed E-state index contributed by atoms with van der Waals surface area (Å²) in [4.78, 5) is 19.1. The van der Waals surface area contributed by atoms with Crippen LogP contribution in [0.4, 0.5) is 0 Å². The zero-order valence-corrected chi connectivity index (χ0v) is 16.9. The average Bonchev–Trinajstić information content (AvgIpc) is 2.65. The van der Waals surface area contributed by atoms with Crippen molar-refractivity contribution < 1.29 is 29.6 Å². The molecule has 0 aliphatic heterocycles. The minimum atomic E-state index is -1.26. The van der Waals surface area contributed by atoms with E-state index in [4.69, 9.17) is 14.9 Å². The molecule has 2 fully saturated rings. The van der Waals surface area contributed by atoms with Crippen molar-refractivity contribution in [3.63, 3.8) is 0 Å². The van der Waals surface area contributed by atoms with Crippen molar-refractivity contribution in [2.45, 2.75) is 95.3 Å². The Kier molecular flexibility index (Phi) is 13.6. The van der Waals surface area contributed by atoms with Crippen molar-refractivity contribution in [2.75, 3.05) is 13.2 Å². The fourth-order valence-corrected chi connectivity index (χ4v) is 3.64. The van der Waals surface area contributed by atoms with E-state index < -0.39 is 11.9 Å². The smallest absolute Gasteiger partial charge is 0.328 e. The van der Waals surface area contributed by atoms with E-state index in [1.165, 1.54) is 77.0 Å². The second kappa shape index (κ2) is 15.5. The average molecular weight is 400 g/mol. The second-order valence-corrected chi connectivity index (χ2v) is 7.71. The molecule has 0 bridgehead atoms. The Morgan fingerprint density at radius 2 is 1.32 bits per heavy atom. The molecule has 2 aliphatic carbocycles. The Morgan fingerprint density at radius 1 is 0.857 bits per heavy atom. The van der Waals surface area contributed by atoms with E-state index in [0.29, 0.717) is 37.4 Å². The SMILES string of the molecule is O=C(O)/C=C/C(=O)O.OC(CNC1CCCCC1)COC1CCCCCCC1. The first-order valence-electron chi connectivity index (χ1n) is 10.6. The van der Waals surface area contributed by atoms with E-state index in [9.17, 15) is 14.7 Å². The van der Waals surface area contributed by atoms with Gasteiger partial charge in [0.25, 0.3) is 0 Å². The molecule has 0 amide bonds. The van der Waals surface area contributed by atoms with Gasteiger partial charge in [-0.1, -0.05) is 51.4 Å². The van der Waals surface area contributed by atoms with Crippen LogP contribution in [0, 0.1) is 0 Å². The first kappa shape index (κ1) is 24.6. The van der Waals surface area contributed by atoms with Gasteiger partial charge >= 0.3 is 11.9 Å². The third kappa shape index (κ3) is 13.7. The highest BCUT2D eigenvalue weighted by Gasteiger charge is 2.16. The van der Waals surface area contributed by atoms with Crippen LogP contribution in [0.2, 0.25) is 0 Å². The van der Waals surface area contributed by atoms with Crippen molar-refractivity contribution in [3.8, 4) is 0 Å². The number of ether oxygens (including phenoxy) is 1. The largest absolute Gasteiger partial charge is 0.478 e. The summed E-state index contributed by atoms with van der Waals surface area (Å²) in [5.41, 5.74) is 0. The molecule has 4 N–H and O–H groups in total. The van der Waals surface area contributed by atoms with Crippen LogP contribution in [0.15, 0.2) is 12.2 Å². The highest BCUT2D eigenvalue weighted by Crippen LogP contribution is 2.20. The monoisotopic (exact) mass is 399 g/mol. The molecule has 1 atom stereocenters. The van der Waals surface area contributed by atoms with Gasteiger partial charge < -0.3 is 25.4 Å². The minimum absolute atomic E-state index is 0.345. The molecule has 2 saturated carbocycles. The molecule has 2 rings (SSSR count). The van der Waals surface area contributed by atoms with E-state index >= 15 is 0 Å². The lowest BCUT2D eigenvalue weighted by molar-refractivity contribution is -0.134. The van der Waals surface area contributed by atoms with Crippen LogP contribution in [-0.4, -0.2) is 58.7 Å². The zero-order valence-electron chi connectivity index (χ0n) is 16.9. The summed E-state index contributed by atoms with van der Waals surface area (Å²) in [6.07, 6.45) is 16.8. The van der Waals surface area contributed by atoms with Gasteiger partial charge in [-0.25, -0.2) is 9.59 Å². The summed E-state index contributed by atoms with van der Waals surface area (Å²) in [5, 5.41) is 29.2. The van der Waals surface area contributed by atoms with Gasteiger partial charge in [0.1, 0.15) is 0 Å². The highest BCUT2D eigenvalue weighted by molar-refractivity contribution is 5.89. The Labute approximate surface area is 168 Å². The first-order chi connectivity index (χ1) is 13.5. The first-order valence-corrected chi connectivity index (χ1v) is 10.6. The number of nitrogens with one attached hydrogen (secondary N) is 1. The quantitative estimate of drug-likeness (QED) is 0.463. The molecule has 28 heavy (non-hydrogen) atoms. The van der Waals surface area contributed by atoms with Crippen molar-refractivity contribution in [1.29, 1.82) is 0 Å². The van der Waals surface area contributed by atoms with Crippen LogP contribution in [0.3, 0.4) is 0 Å². The maximum atomic E-state index is 10.0. The molecule has 0 aromatic rings. The molecular formula is C21H37NO6. The number of hydrogen-bond donors (Lipinski definition) is 4. The van der Waals surface area contributed by atoms with Crippen LogP contribution < -0.4 is 5.32 Å². The van der Waals surface area contributed by atoms with Gasteiger partial charge in [-0.15, -0.1) is 0 Å². The van der Waals surface area contributed by atoms with Crippen molar-refractivity contribution in [2.24, 2.45) is 0 Å². The Hall–Kier alpha value is -1.44. The van der Waals surface area contributed by atoms with E-state index in [1.807, 2.05) is 0 Å². The lowest BCUT2D eigenvalue weighted by Crippen LogP contribution is -2.39. The number of aliphatic carboxylic acids is 2. The molecule has 7 heteroatoms. The predicted molar refractivity (Wildman–Crippen MR) is 107 cm³/mol. The van der Waals surface area contributed by atoms with Gasteiger partial charge in [0, 0.05) is 24.7 Å². The molecule has 7 nitrogen and oxygen atoms in total. The summed E-state index contributed by atoms with van der Waals surface area (Å²) in [6, 6.07) is 0.625. The van der Waals surface area contributed by atoms with Crippen LogP contribution in [0.5, 0.6) is 0 Å². The Bertz CT molecular complexity index is 438. The lowest BCUT2D eigenvalue weighted by atomic mass is 9.95. The van der Waals surface area contributed by atoms with Crippen LogP contribution >= 0.6 is 0 Å². The van der Waals surface area contributed by atoms with Crippen molar-refractivity contribution >= 4 is 11.9 Å². The number of hydrogen-bond acceptors (Lipinski definition) is 5. The standard InChI is InChI=1S/C17H33NO2.C4H4O4/c19-16(13-18-15-9-5-4-6-10-15)14-20-17-11-7-2-1-3-8-12-17;5-3(6)1-2-4(7)8/h15-19H,1-14H2;1-2H,(H,5,6)(H,7,8)/b;2-1+. The normalized spacial score (nSPS) is 20.6. The van der Waals surface area contributed by atoms with E-state index in [1.54, 1.807) is 0 Å². The molecule has 162 valence electrons. The van der Waals surface area contributed by atoms with Crippen LogP contribution in [-0.2, 0) is 14.3 Å². The fraction of sp³-hybridized carbons (Fsp3) is 0.810. The maximum Gasteiger partial charge on any atom is 0.328 e.